The number of hydrogen-bond donors (Lipinski definition) is 1. The molecule has 0 aromatic rings. The number of nitrogens with one attached hydrogen (secondary N) is 1. The molecule has 0 heterocycles. The number of ether oxygens (including phenoxy) is 2. The van der Waals surface area contributed by atoms with Gasteiger partial charge >= 0.3 is 5.97 Å². The Kier molecular flexibility index (Phi) is 34.6. The summed E-state index contributed by atoms with van der Waals surface area (Å²) in [7, 11) is 0. The molecule has 0 saturated carbocycles. The summed E-state index contributed by atoms with van der Waals surface area (Å²) in [6, 6.07) is 0. The average Bonchev–Trinajstić information content (AvgIpc) is 3.00. The molecule has 0 fully saturated rings. The first-order valence-electron chi connectivity index (χ1n) is 19.3. The zero-order chi connectivity index (χ0) is 31.5. The fraction of sp³-hybridized carbons (Fsp3) is 0.923. The van der Waals surface area contributed by atoms with Gasteiger partial charge in [0.2, 0.25) is 0 Å². The number of unbranched alkanes of at least 4 members (excludes halogenated alkanes) is 20. The highest BCUT2D eigenvalue weighted by Gasteiger charge is 2.14. The van der Waals surface area contributed by atoms with E-state index in [1.165, 1.54) is 135 Å². The fourth-order valence-corrected chi connectivity index (χ4v) is 5.74. The van der Waals surface area contributed by atoms with Crippen LogP contribution >= 0.6 is 0 Å². The van der Waals surface area contributed by atoms with Gasteiger partial charge in [-0.05, 0) is 64.5 Å². The summed E-state index contributed by atoms with van der Waals surface area (Å²) in [6.45, 7) is 13.8. The van der Waals surface area contributed by atoms with Gasteiger partial charge in [-0.3, -0.25) is 4.79 Å². The highest BCUT2D eigenvalue weighted by atomic mass is 16.5. The van der Waals surface area contributed by atoms with E-state index in [2.05, 4.69) is 32.7 Å². The van der Waals surface area contributed by atoms with Crippen LogP contribution in [0.2, 0.25) is 0 Å². The van der Waals surface area contributed by atoms with Gasteiger partial charge in [-0.2, -0.15) is 0 Å². The van der Waals surface area contributed by atoms with Gasteiger partial charge in [-0.15, -0.1) is 0 Å². The lowest BCUT2D eigenvalue weighted by atomic mass is 10.0. The minimum atomic E-state index is 0.0385. The van der Waals surface area contributed by atoms with Crippen LogP contribution in [0.4, 0.5) is 0 Å². The molecule has 0 rings (SSSR count). The summed E-state index contributed by atoms with van der Waals surface area (Å²) in [6.07, 6.45) is 35.4. The van der Waals surface area contributed by atoms with E-state index >= 15 is 0 Å². The Morgan fingerprint density at radius 3 is 1.53 bits per heavy atom. The maximum atomic E-state index is 12.6. The van der Waals surface area contributed by atoms with Crippen LogP contribution in [0.15, 0.2) is 12.3 Å². The Morgan fingerprint density at radius 2 is 0.977 bits per heavy atom. The highest BCUT2D eigenvalue weighted by molar-refractivity contribution is 5.69. The fourth-order valence-electron chi connectivity index (χ4n) is 5.74. The Balaban J connectivity index is 3.73. The quantitative estimate of drug-likeness (QED) is 0.0437. The predicted octanol–water partition coefficient (Wildman–Crippen LogP) is 12.4. The van der Waals surface area contributed by atoms with E-state index in [1.807, 2.05) is 0 Å². The standard InChI is InChI=1S/C39H77NO3/c1-5-8-11-14-17-23-28-36-42-37(4)30-29-35-40-34-27-22-18-21-26-33-39(41)43-38(31-24-19-15-12-9-6-2)32-25-20-16-13-10-7-3/h38,40H,4-36H2,1-3H3. The molecule has 0 saturated heterocycles. The van der Waals surface area contributed by atoms with Crippen LogP contribution in [0.5, 0.6) is 0 Å². The van der Waals surface area contributed by atoms with Crippen molar-refractivity contribution in [1.29, 1.82) is 0 Å². The minimum Gasteiger partial charge on any atom is -0.499 e. The number of rotatable bonds is 36. The summed E-state index contributed by atoms with van der Waals surface area (Å²) in [5.74, 6) is 0.985. The molecule has 0 atom stereocenters. The second-order valence-corrected chi connectivity index (χ2v) is 13.1. The monoisotopic (exact) mass is 608 g/mol. The molecule has 0 aliphatic carbocycles. The van der Waals surface area contributed by atoms with Crippen molar-refractivity contribution in [3.05, 3.63) is 12.3 Å². The van der Waals surface area contributed by atoms with Crippen LogP contribution in [-0.4, -0.2) is 31.8 Å². The van der Waals surface area contributed by atoms with Gasteiger partial charge in [0.25, 0.3) is 0 Å². The van der Waals surface area contributed by atoms with Gasteiger partial charge in [-0.1, -0.05) is 149 Å². The number of allylic oxidation sites excluding steroid dienone is 1. The summed E-state index contributed by atoms with van der Waals surface area (Å²) in [5.41, 5.74) is 0. The molecule has 1 N–H and O–H groups in total. The van der Waals surface area contributed by atoms with Crippen molar-refractivity contribution in [3.8, 4) is 0 Å². The number of carbonyl (C=O) groups is 1. The number of esters is 1. The smallest absolute Gasteiger partial charge is 0.306 e. The van der Waals surface area contributed by atoms with Crippen LogP contribution in [0, 0.1) is 0 Å². The van der Waals surface area contributed by atoms with Gasteiger partial charge in [0.15, 0.2) is 0 Å². The van der Waals surface area contributed by atoms with E-state index in [0.717, 1.165) is 70.4 Å². The lowest BCUT2D eigenvalue weighted by Gasteiger charge is -2.18. The zero-order valence-corrected chi connectivity index (χ0v) is 29.6. The molecule has 0 aliphatic heterocycles. The van der Waals surface area contributed by atoms with E-state index in [0.29, 0.717) is 6.42 Å². The van der Waals surface area contributed by atoms with Gasteiger partial charge in [-0.25, -0.2) is 0 Å². The van der Waals surface area contributed by atoms with Crippen molar-refractivity contribution in [3.63, 3.8) is 0 Å². The molecule has 256 valence electrons. The molecule has 0 unspecified atom stereocenters. The molecule has 0 radical (unpaired) electrons. The maximum absolute atomic E-state index is 12.6. The van der Waals surface area contributed by atoms with Crippen molar-refractivity contribution in [2.24, 2.45) is 0 Å². The van der Waals surface area contributed by atoms with Crippen LogP contribution in [0.1, 0.15) is 207 Å². The van der Waals surface area contributed by atoms with Crippen LogP contribution in [-0.2, 0) is 14.3 Å². The van der Waals surface area contributed by atoms with Crippen molar-refractivity contribution in [2.45, 2.75) is 213 Å². The summed E-state index contributed by atoms with van der Waals surface area (Å²) in [4.78, 5) is 12.6. The van der Waals surface area contributed by atoms with Crippen LogP contribution < -0.4 is 5.32 Å². The SMILES string of the molecule is C=C(CCCNCCCCCCCC(=O)OC(CCCCCCCC)CCCCCCCC)OCCCCCCCCC. The van der Waals surface area contributed by atoms with Gasteiger partial charge < -0.3 is 14.8 Å². The third kappa shape index (κ3) is 33.7. The Bertz CT molecular complexity index is 563. The zero-order valence-electron chi connectivity index (χ0n) is 29.6. The van der Waals surface area contributed by atoms with Gasteiger partial charge in [0.1, 0.15) is 6.10 Å². The first kappa shape index (κ1) is 42.0. The highest BCUT2D eigenvalue weighted by Crippen LogP contribution is 2.18. The van der Waals surface area contributed by atoms with Crippen LogP contribution in [0.3, 0.4) is 0 Å². The molecule has 0 amide bonds. The lowest BCUT2D eigenvalue weighted by molar-refractivity contribution is -0.150. The summed E-state index contributed by atoms with van der Waals surface area (Å²) < 4.78 is 11.8. The first-order valence-corrected chi connectivity index (χ1v) is 19.3. The van der Waals surface area contributed by atoms with E-state index in [9.17, 15) is 4.79 Å². The molecule has 0 aromatic heterocycles. The predicted molar refractivity (Wildman–Crippen MR) is 189 cm³/mol. The molecular formula is C39H77NO3. The molecule has 43 heavy (non-hydrogen) atoms. The van der Waals surface area contributed by atoms with Gasteiger partial charge in [0.05, 0.1) is 12.4 Å². The molecule has 0 bridgehead atoms. The number of hydrogen-bond acceptors (Lipinski definition) is 4. The minimum absolute atomic E-state index is 0.0385. The van der Waals surface area contributed by atoms with Crippen molar-refractivity contribution >= 4 is 5.97 Å². The van der Waals surface area contributed by atoms with E-state index < -0.39 is 0 Å². The van der Waals surface area contributed by atoms with E-state index in [1.54, 1.807) is 0 Å². The molecular weight excluding hydrogens is 530 g/mol. The van der Waals surface area contributed by atoms with Crippen molar-refractivity contribution in [1.82, 2.24) is 5.32 Å². The maximum Gasteiger partial charge on any atom is 0.306 e. The van der Waals surface area contributed by atoms with Gasteiger partial charge in [0, 0.05) is 12.8 Å². The van der Waals surface area contributed by atoms with Crippen molar-refractivity contribution in [2.75, 3.05) is 19.7 Å². The largest absolute Gasteiger partial charge is 0.499 e. The topological polar surface area (TPSA) is 47.6 Å². The molecule has 0 aromatic carbocycles. The summed E-state index contributed by atoms with van der Waals surface area (Å²) >= 11 is 0. The molecule has 0 spiro atoms. The van der Waals surface area contributed by atoms with Crippen molar-refractivity contribution < 1.29 is 14.3 Å². The Labute approximate surface area is 270 Å². The van der Waals surface area contributed by atoms with Crippen LogP contribution in [0.25, 0.3) is 0 Å². The average molecular weight is 608 g/mol. The first-order chi connectivity index (χ1) is 21.1. The molecule has 4 nitrogen and oxygen atoms in total. The second kappa shape index (κ2) is 35.4. The Hall–Kier alpha value is -1.03. The van der Waals surface area contributed by atoms with E-state index in [-0.39, 0.29) is 12.1 Å². The molecule has 4 heteroatoms. The van der Waals surface area contributed by atoms with E-state index in [4.69, 9.17) is 9.47 Å². The lowest BCUT2D eigenvalue weighted by Crippen LogP contribution is -2.18. The normalized spacial score (nSPS) is 11.3. The third-order valence-electron chi connectivity index (χ3n) is 8.66. The Morgan fingerprint density at radius 1 is 0.535 bits per heavy atom. The number of carbonyl (C=O) groups excluding carboxylic acids is 1. The third-order valence-corrected chi connectivity index (χ3v) is 8.66. The summed E-state index contributed by atoms with van der Waals surface area (Å²) in [5, 5.41) is 3.56. The molecule has 0 aliphatic rings. The second-order valence-electron chi connectivity index (χ2n) is 13.1.